The van der Waals surface area contributed by atoms with Crippen LogP contribution >= 0.6 is 135 Å². The van der Waals surface area contributed by atoms with Crippen LogP contribution in [-0.4, -0.2) is 20.9 Å². The molecule has 28 heavy (non-hydrogen) atoms. The number of phosphoric ester groups is 1. The van der Waals surface area contributed by atoms with E-state index in [0.29, 0.717) is 10.7 Å². The monoisotopic (exact) mass is 931 g/mol. The minimum Gasteiger partial charge on any atom is -0.257 e. The summed E-state index contributed by atoms with van der Waals surface area (Å²) in [4.78, 5) is 0. The van der Waals surface area contributed by atoms with Gasteiger partial charge in [0.05, 0.1) is 0 Å². The van der Waals surface area contributed by atoms with Gasteiger partial charge in [0.1, 0.15) is 0 Å². The second-order valence-corrected chi connectivity index (χ2v) is 21.0. The van der Waals surface area contributed by atoms with Gasteiger partial charge in [0.2, 0.25) is 0 Å². The van der Waals surface area contributed by atoms with Crippen LogP contribution in [0.3, 0.4) is 0 Å². The van der Waals surface area contributed by atoms with Crippen LogP contribution in [0.2, 0.25) is 0 Å². The second kappa shape index (κ2) is 10.7. The molecule has 0 aromatic heterocycles. The molecule has 0 N–H and O–H groups in total. The van der Waals surface area contributed by atoms with E-state index in [0.717, 1.165) is 0 Å². The molecule has 0 aliphatic carbocycles. The highest BCUT2D eigenvalue weighted by Crippen LogP contribution is 2.69. The molecule has 0 heterocycles. The maximum atomic E-state index is 14.0. The van der Waals surface area contributed by atoms with Crippen molar-refractivity contribution in [3.63, 3.8) is 0 Å². The molecule has 0 amide bonds. The number of rotatable bonds is 10. The number of alkyl halides is 8. The van der Waals surface area contributed by atoms with Gasteiger partial charge in [-0.25, -0.2) is 4.57 Å². The molecule has 0 aromatic carbocycles. The number of hydrogen-bond acceptors (Lipinski definition) is 4. The van der Waals surface area contributed by atoms with Crippen LogP contribution in [-0.2, 0) is 18.1 Å². The molecular formula is C15H25Br8O4P. The van der Waals surface area contributed by atoms with Crippen molar-refractivity contribution in [2.75, 3.05) is 10.7 Å². The first-order valence-corrected chi connectivity index (χ1v) is 16.4. The molecular weight excluding hydrogens is 914 g/mol. The van der Waals surface area contributed by atoms with Crippen LogP contribution in [0.4, 0.5) is 0 Å². The third-order valence-electron chi connectivity index (χ3n) is 3.80. The van der Waals surface area contributed by atoms with Crippen molar-refractivity contribution in [2.45, 2.75) is 58.7 Å². The molecule has 0 atom stereocenters. The Kier molecular flexibility index (Phi) is 12.2. The van der Waals surface area contributed by atoms with E-state index in [4.69, 9.17) is 13.6 Å². The van der Waals surface area contributed by atoms with Gasteiger partial charge in [-0.05, 0) is 95.6 Å². The highest BCUT2D eigenvalue weighted by molar-refractivity contribution is 9.26. The average molecular weight is 940 g/mol. The number of halogens is 8. The lowest BCUT2D eigenvalue weighted by molar-refractivity contribution is 0.00899. The number of hydrogen-bond donors (Lipinski definition) is 0. The first-order chi connectivity index (χ1) is 12.0. The lowest BCUT2D eigenvalue weighted by Gasteiger charge is -2.44. The van der Waals surface area contributed by atoms with Crippen molar-refractivity contribution in [3.8, 4) is 0 Å². The van der Waals surface area contributed by atoms with Crippen molar-refractivity contribution in [1.29, 1.82) is 0 Å². The summed E-state index contributed by atoms with van der Waals surface area (Å²) in [5.74, 6) is 0. The number of phosphoric acid groups is 1. The standard InChI is InChI=1S/C15H25Br8O4P/c1-10(2,3)13(18,19)25-28(24,26-14(20,21)11(4,5)8-16)27-15(22,23)12(6,7)9-17/h8-9H2,1-7H3. The second-order valence-electron chi connectivity index (χ2n) is 8.56. The molecule has 13 heteroatoms. The normalized spacial score (nSPS) is 15.8. The molecule has 0 rings (SSSR count). The fourth-order valence-corrected chi connectivity index (χ4v) is 8.79. The van der Waals surface area contributed by atoms with Crippen molar-refractivity contribution in [1.82, 2.24) is 0 Å². The predicted octanol–water partition coefficient (Wildman–Crippen LogP) is 10.4. The molecule has 4 nitrogen and oxygen atoms in total. The molecule has 0 aliphatic heterocycles. The third kappa shape index (κ3) is 8.31. The summed E-state index contributed by atoms with van der Waals surface area (Å²) >= 11 is 27.8. The molecule has 0 saturated heterocycles. The van der Waals surface area contributed by atoms with E-state index in [1.54, 1.807) is 0 Å². The van der Waals surface area contributed by atoms with Gasteiger partial charge in [0.15, 0.2) is 10.3 Å². The Balaban J connectivity index is 6.24. The first kappa shape index (κ1) is 31.9. The molecule has 0 saturated carbocycles. The van der Waals surface area contributed by atoms with Gasteiger partial charge in [0.25, 0.3) is 0 Å². The van der Waals surface area contributed by atoms with Crippen LogP contribution in [0.5, 0.6) is 0 Å². The highest BCUT2D eigenvalue weighted by atomic mass is 79.9. The van der Waals surface area contributed by atoms with Crippen LogP contribution in [0.25, 0.3) is 0 Å². The summed E-state index contributed by atoms with van der Waals surface area (Å²) in [7, 11) is -4.22. The summed E-state index contributed by atoms with van der Waals surface area (Å²) in [6.07, 6.45) is 0. The first-order valence-electron chi connectivity index (χ1n) is 7.97. The Bertz CT molecular complexity index is 553. The van der Waals surface area contributed by atoms with E-state index in [1.165, 1.54) is 0 Å². The van der Waals surface area contributed by atoms with Crippen molar-refractivity contribution in [3.05, 3.63) is 0 Å². The van der Waals surface area contributed by atoms with Crippen LogP contribution in [0, 0.1) is 16.2 Å². The molecule has 0 aliphatic rings. The fraction of sp³-hybridized carbons (Fsp3) is 1.00. The van der Waals surface area contributed by atoms with Crippen LogP contribution < -0.4 is 0 Å². The van der Waals surface area contributed by atoms with Gasteiger partial charge >= 0.3 is 7.82 Å². The third-order valence-corrected chi connectivity index (χ3v) is 17.2. The quantitative estimate of drug-likeness (QED) is 0.162. The zero-order chi connectivity index (χ0) is 23.0. The van der Waals surface area contributed by atoms with E-state index < -0.39 is 34.3 Å². The zero-order valence-electron chi connectivity index (χ0n) is 16.5. The maximum Gasteiger partial charge on any atom is 0.481 e. The Morgan fingerprint density at radius 3 is 1.07 bits per heavy atom. The van der Waals surface area contributed by atoms with E-state index in [1.807, 2.05) is 48.5 Å². The maximum absolute atomic E-state index is 14.0. The van der Waals surface area contributed by atoms with Gasteiger partial charge < -0.3 is 0 Å². The van der Waals surface area contributed by atoms with E-state index in [2.05, 4.69) is 127 Å². The summed E-state index contributed by atoms with van der Waals surface area (Å²) in [6.45, 7) is 13.4. The van der Waals surface area contributed by atoms with Crippen molar-refractivity contribution < 1.29 is 18.1 Å². The predicted molar refractivity (Wildman–Crippen MR) is 147 cm³/mol. The fourth-order valence-electron chi connectivity index (χ4n) is 1.02. The summed E-state index contributed by atoms with van der Waals surface area (Å²) < 4.78 is 28.2. The van der Waals surface area contributed by atoms with Gasteiger partial charge in [-0.1, -0.05) is 80.3 Å². The summed E-state index contributed by atoms with van der Waals surface area (Å²) in [6, 6.07) is 0. The Labute approximate surface area is 236 Å². The summed E-state index contributed by atoms with van der Waals surface area (Å²) in [5, 5.41) is 1.09. The molecule has 170 valence electrons. The van der Waals surface area contributed by atoms with Gasteiger partial charge in [-0.2, -0.15) is 0 Å². The molecule has 0 bridgehead atoms. The van der Waals surface area contributed by atoms with Crippen molar-refractivity contribution >= 4 is 135 Å². The Morgan fingerprint density at radius 1 is 0.607 bits per heavy atom. The Hall–Kier alpha value is 3.95. The smallest absolute Gasteiger partial charge is 0.257 e. The molecule has 0 unspecified atom stereocenters. The topological polar surface area (TPSA) is 44.8 Å². The Morgan fingerprint density at radius 2 is 0.857 bits per heavy atom. The van der Waals surface area contributed by atoms with E-state index in [-0.39, 0.29) is 0 Å². The molecule has 0 aromatic rings. The van der Waals surface area contributed by atoms with Crippen LogP contribution in [0.1, 0.15) is 48.5 Å². The van der Waals surface area contributed by atoms with E-state index in [9.17, 15) is 4.57 Å². The lowest BCUT2D eigenvalue weighted by Crippen LogP contribution is -2.42. The molecule has 0 fully saturated rings. The highest BCUT2D eigenvalue weighted by Gasteiger charge is 2.57. The average Bonchev–Trinajstić information content (AvgIpc) is 2.42. The SMILES string of the molecule is CC(C)(C)C(Br)(Br)OP(=O)(OC(Br)(Br)C(C)(C)CBr)OC(Br)(Br)C(C)(C)CBr. The van der Waals surface area contributed by atoms with Gasteiger partial charge in [0, 0.05) is 26.9 Å². The van der Waals surface area contributed by atoms with Crippen molar-refractivity contribution in [2.24, 2.45) is 16.2 Å². The van der Waals surface area contributed by atoms with Gasteiger partial charge in [-0.3, -0.25) is 13.6 Å². The van der Waals surface area contributed by atoms with Crippen LogP contribution in [0.15, 0.2) is 0 Å². The minimum atomic E-state index is -4.22. The van der Waals surface area contributed by atoms with Gasteiger partial charge in [-0.15, -0.1) is 0 Å². The minimum absolute atomic E-state index is 0.492. The summed E-state index contributed by atoms with van der Waals surface area (Å²) in [5.41, 5.74) is -1.54. The lowest BCUT2D eigenvalue weighted by atomic mass is 9.98. The largest absolute Gasteiger partial charge is 0.481 e. The molecule has 0 spiro atoms. The zero-order valence-corrected chi connectivity index (χ0v) is 30.1. The molecule has 0 radical (unpaired) electrons. The van der Waals surface area contributed by atoms with E-state index >= 15 is 0 Å².